The summed E-state index contributed by atoms with van der Waals surface area (Å²) in [6.45, 7) is 0. The third kappa shape index (κ3) is 17.3. The van der Waals surface area contributed by atoms with E-state index < -0.39 is 0 Å². The molecule has 0 fully saturated rings. The number of hydrogen-bond donors (Lipinski definition) is 0. The molecule has 19 heavy (non-hydrogen) atoms. The number of pyridine rings is 2. The van der Waals surface area contributed by atoms with Crippen LogP contribution in [0.25, 0.3) is 0 Å². The Hall–Kier alpha value is -0.721. The van der Waals surface area contributed by atoms with Crippen molar-refractivity contribution in [1.29, 1.82) is 0 Å². The van der Waals surface area contributed by atoms with Gasteiger partial charge in [0.1, 0.15) is 0 Å². The molecule has 2 aromatic heterocycles. The number of aromatic nitrogens is 2. The van der Waals surface area contributed by atoms with Crippen LogP contribution in [0.4, 0.5) is 0 Å². The maximum atomic E-state index is 10.2. The Kier molecular flexibility index (Phi) is 21.3. The van der Waals surface area contributed by atoms with Gasteiger partial charge in [0.2, 0.25) is 0 Å². The molecule has 0 unspecified atom stereocenters. The number of rotatable bonds is 0. The minimum absolute atomic E-state index is 0. The molecule has 0 spiro atoms. The van der Waals surface area contributed by atoms with Crippen LogP contribution in [0, 0.1) is 10.4 Å². The van der Waals surface area contributed by atoms with Gasteiger partial charge in [0.15, 0.2) is 24.8 Å². The molecule has 0 amide bonds. The third-order valence-corrected chi connectivity index (χ3v) is 1.38. The average molecular weight is 412 g/mol. The van der Waals surface area contributed by atoms with Crippen LogP contribution in [0.1, 0.15) is 0 Å². The fraction of sp³-hybridized carbons (Fsp3) is 0.167. The first-order chi connectivity index (χ1) is 8.20. The van der Waals surface area contributed by atoms with Gasteiger partial charge in [0, 0.05) is 24.3 Å². The fourth-order valence-corrected chi connectivity index (χ4v) is 0.766. The fourth-order valence-electron chi connectivity index (χ4n) is 0.766. The van der Waals surface area contributed by atoms with E-state index in [1.807, 2.05) is 0 Å². The Morgan fingerprint density at radius 2 is 0.842 bits per heavy atom. The molecule has 0 aliphatic rings. The maximum absolute atomic E-state index is 10.2. The molecule has 0 atom stereocenters. The van der Waals surface area contributed by atoms with Crippen LogP contribution in [0.2, 0.25) is 9.88 Å². The third-order valence-electron chi connectivity index (χ3n) is 1.38. The summed E-state index contributed by atoms with van der Waals surface area (Å²) in [5.41, 5.74) is 0. The van der Waals surface area contributed by atoms with Crippen molar-refractivity contribution in [3.05, 3.63) is 71.6 Å². The summed E-state index contributed by atoms with van der Waals surface area (Å²) in [5.74, 6) is 0. The van der Waals surface area contributed by atoms with Crippen molar-refractivity contribution in [3.8, 4) is 0 Å². The van der Waals surface area contributed by atoms with E-state index in [0.29, 0.717) is 0 Å². The van der Waals surface area contributed by atoms with E-state index >= 15 is 0 Å². The predicted octanol–water partition coefficient (Wildman–Crippen LogP) is 2.27. The van der Waals surface area contributed by atoms with Crippen molar-refractivity contribution >= 4 is 46.0 Å². The zero-order valence-electron chi connectivity index (χ0n) is 10.8. The zero-order chi connectivity index (χ0) is 12.9. The minimum Gasteiger partial charge on any atom is -0.619 e. The van der Waals surface area contributed by atoms with E-state index in [2.05, 4.69) is 9.88 Å². The summed E-state index contributed by atoms with van der Waals surface area (Å²) < 4.78 is 1.50. The molecule has 0 N–H and O–H groups in total. The molecular formula is C12H18Cl2N2O2Sn. The van der Waals surface area contributed by atoms with Gasteiger partial charge >= 0.3 is 31.0 Å². The molecule has 2 aromatic rings. The van der Waals surface area contributed by atoms with E-state index in [4.69, 9.17) is 0 Å². The second kappa shape index (κ2) is 17.3. The first kappa shape index (κ1) is 23.4. The summed E-state index contributed by atoms with van der Waals surface area (Å²) in [5, 5.41) is 20.4. The van der Waals surface area contributed by atoms with Gasteiger partial charge in [-0.1, -0.05) is 12.1 Å². The predicted molar refractivity (Wildman–Crippen MR) is 82.8 cm³/mol. The van der Waals surface area contributed by atoms with E-state index in [9.17, 15) is 10.4 Å². The van der Waals surface area contributed by atoms with Gasteiger partial charge in [-0.15, -0.1) is 24.8 Å². The Bertz CT molecular complexity index is 343. The number of halogens is 2. The minimum atomic E-state index is 0. The van der Waals surface area contributed by atoms with Crippen LogP contribution in [0.3, 0.4) is 0 Å². The quantitative estimate of drug-likeness (QED) is 0.379. The smallest absolute Gasteiger partial charge is 0.180 e. The van der Waals surface area contributed by atoms with Crippen LogP contribution < -0.4 is 9.46 Å². The van der Waals surface area contributed by atoms with Gasteiger partial charge in [-0.05, 0) is 0 Å². The molecule has 4 nitrogen and oxygen atoms in total. The van der Waals surface area contributed by atoms with E-state index in [1.54, 1.807) is 36.4 Å². The van der Waals surface area contributed by atoms with Gasteiger partial charge in [-0.25, -0.2) is 0 Å². The molecule has 0 saturated heterocycles. The monoisotopic (exact) mass is 412 g/mol. The molecule has 7 heteroatoms. The normalized spacial score (nSPS) is 7.26. The first-order valence-corrected chi connectivity index (χ1v) is 10.8. The Labute approximate surface area is 136 Å². The van der Waals surface area contributed by atoms with Crippen molar-refractivity contribution in [2.45, 2.75) is 9.88 Å². The molecule has 0 aromatic carbocycles. The molecule has 0 aliphatic heterocycles. The van der Waals surface area contributed by atoms with Crippen LogP contribution in [0.15, 0.2) is 61.2 Å². The van der Waals surface area contributed by atoms with E-state index in [-0.39, 0.29) is 46.0 Å². The van der Waals surface area contributed by atoms with Gasteiger partial charge < -0.3 is 10.4 Å². The van der Waals surface area contributed by atoms with Crippen molar-refractivity contribution < 1.29 is 9.46 Å². The summed E-state index contributed by atoms with van der Waals surface area (Å²) >= 11 is 0.230. The summed E-state index contributed by atoms with van der Waals surface area (Å²) in [6, 6.07) is 10.4. The number of nitrogens with zero attached hydrogens (tertiary/aromatic N) is 2. The summed E-state index contributed by atoms with van der Waals surface area (Å²) in [6.07, 6.45) is 5.78. The second-order valence-electron chi connectivity index (χ2n) is 2.97. The Morgan fingerprint density at radius 1 is 0.632 bits per heavy atom. The van der Waals surface area contributed by atoms with Crippen LogP contribution in [-0.2, 0) is 0 Å². The Morgan fingerprint density at radius 3 is 0.947 bits per heavy atom. The van der Waals surface area contributed by atoms with Gasteiger partial charge in [0.25, 0.3) is 0 Å². The van der Waals surface area contributed by atoms with Crippen LogP contribution in [-0.4, -0.2) is 21.1 Å². The first-order valence-electron chi connectivity index (χ1n) is 5.06. The average Bonchev–Trinajstić information content (AvgIpc) is 2.33. The second-order valence-corrected chi connectivity index (χ2v) is 5.82. The topological polar surface area (TPSA) is 53.9 Å². The molecule has 0 bridgehead atoms. The summed E-state index contributed by atoms with van der Waals surface area (Å²) in [7, 11) is 0. The van der Waals surface area contributed by atoms with Crippen molar-refractivity contribution in [3.63, 3.8) is 0 Å². The van der Waals surface area contributed by atoms with Crippen LogP contribution in [0.5, 0.6) is 0 Å². The largest absolute Gasteiger partial charge is 0.619 e. The standard InChI is InChI=1S/2C5H5NO.2CH3.2ClH.Sn/c2*7-6-4-2-1-3-5-6;;;;;/h2*1-5H;2*1H3;2*1H;. The van der Waals surface area contributed by atoms with Gasteiger partial charge in [-0.2, -0.15) is 9.46 Å². The molecule has 0 saturated carbocycles. The molecule has 106 valence electrons. The van der Waals surface area contributed by atoms with Crippen molar-refractivity contribution in [2.24, 2.45) is 0 Å². The van der Waals surface area contributed by atoms with Crippen LogP contribution >= 0.6 is 24.8 Å². The Balaban J connectivity index is -0.000000207. The van der Waals surface area contributed by atoms with Crippen molar-refractivity contribution in [2.75, 3.05) is 0 Å². The molecule has 2 heterocycles. The van der Waals surface area contributed by atoms with Crippen molar-refractivity contribution in [1.82, 2.24) is 0 Å². The molecule has 2 radical (unpaired) electrons. The van der Waals surface area contributed by atoms with Gasteiger partial charge in [0.05, 0.1) is 0 Å². The van der Waals surface area contributed by atoms with E-state index in [1.165, 1.54) is 24.8 Å². The molecule has 0 aliphatic carbocycles. The molecular weight excluding hydrogens is 394 g/mol. The van der Waals surface area contributed by atoms with E-state index in [0.717, 1.165) is 9.46 Å². The summed E-state index contributed by atoms with van der Waals surface area (Å²) in [4.78, 5) is 4.59. The number of hydrogen-bond acceptors (Lipinski definition) is 2. The molecule has 2 rings (SSSR count). The maximum Gasteiger partial charge on any atom is 0.180 e. The van der Waals surface area contributed by atoms with Gasteiger partial charge in [-0.3, -0.25) is 0 Å². The SMILES string of the molecule is Cl.Cl.[CH3][Sn][CH3].[O-][n+]1ccccc1.[O-][n+]1ccccc1. The zero-order valence-corrected chi connectivity index (χ0v) is 15.3.